The number of amides is 1. The molecule has 0 unspecified atom stereocenters. The number of hydrogen-bond acceptors (Lipinski definition) is 3. The third kappa shape index (κ3) is 2.82. The molecule has 2 N–H and O–H groups in total. The highest BCUT2D eigenvalue weighted by Crippen LogP contribution is 2.30. The molecule has 1 fully saturated rings. The predicted octanol–water partition coefficient (Wildman–Crippen LogP) is 2.37. The average Bonchev–Trinajstić information content (AvgIpc) is 2.35. The van der Waals surface area contributed by atoms with Crippen LogP contribution in [0.4, 0.5) is 5.69 Å². The molecule has 0 bridgehead atoms. The number of nitrogens with zero attached hydrogens (tertiary/aromatic N) is 1. The first-order valence-corrected chi connectivity index (χ1v) is 6.53. The monoisotopic (exact) mass is 267 g/mol. The SMILES string of the molecule is Cc1cnc(Cl)c(NC(=O)C2(C)CCNCC2)c1. The van der Waals surface area contributed by atoms with Crippen LogP contribution in [-0.2, 0) is 4.79 Å². The molecule has 18 heavy (non-hydrogen) atoms. The Balaban J connectivity index is 2.13. The van der Waals surface area contributed by atoms with Crippen LogP contribution in [0.5, 0.6) is 0 Å². The fourth-order valence-corrected chi connectivity index (χ4v) is 2.27. The van der Waals surface area contributed by atoms with Crippen molar-refractivity contribution in [1.82, 2.24) is 10.3 Å². The van der Waals surface area contributed by atoms with E-state index in [0.29, 0.717) is 10.8 Å². The minimum Gasteiger partial charge on any atom is -0.323 e. The van der Waals surface area contributed by atoms with Crippen LogP contribution in [0.15, 0.2) is 12.3 Å². The Kier molecular flexibility index (Phi) is 3.88. The van der Waals surface area contributed by atoms with E-state index in [1.807, 2.05) is 19.9 Å². The Hall–Kier alpha value is -1.13. The highest BCUT2D eigenvalue weighted by Gasteiger charge is 2.34. The van der Waals surface area contributed by atoms with E-state index in [2.05, 4.69) is 15.6 Å². The summed E-state index contributed by atoms with van der Waals surface area (Å²) in [5.41, 5.74) is 1.25. The summed E-state index contributed by atoms with van der Waals surface area (Å²) in [4.78, 5) is 16.4. The van der Waals surface area contributed by atoms with E-state index in [9.17, 15) is 4.79 Å². The number of carbonyl (C=O) groups excluding carboxylic acids is 1. The van der Waals surface area contributed by atoms with E-state index in [0.717, 1.165) is 31.5 Å². The zero-order valence-corrected chi connectivity index (χ0v) is 11.5. The van der Waals surface area contributed by atoms with Gasteiger partial charge in [0.1, 0.15) is 0 Å². The van der Waals surface area contributed by atoms with E-state index in [1.165, 1.54) is 0 Å². The number of hydrogen-bond donors (Lipinski definition) is 2. The number of pyridine rings is 1. The van der Waals surface area contributed by atoms with Crippen molar-refractivity contribution in [2.75, 3.05) is 18.4 Å². The van der Waals surface area contributed by atoms with Crippen LogP contribution in [0.2, 0.25) is 5.15 Å². The first-order valence-electron chi connectivity index (χ1n) is 6.16. The van der Waals surface area contributed by atoms with Crippen molar-refractivity contribution in [2.24, 2.45) is 5.41 Å². The van der Waals surface area contributed by atoms with Crippen molar-refractivity contribution in [3.63, 3.8) is 0 Å². The fraction of sp³-hybridized carbons (Fsp3) is 0.538. The Labute approximate surface area is 112 Å². The summed E-state index contributed by atoms with van der Waals surface area (Å²) in [5.74, 6) is 0.0262. The molecule has 0 aliphatic carbocycles. The number of nitrogens with one attached hydrogen (secondary N) is 2. The van der Waals surface area contributed by atoms with Crippen LogP contribution >= 0.6 is 11.6 Å². The molecule has 5 heteroatoms. The minimum atomic E-state index is -0.321. The molecular formula is C13H18ClN3O. The molecule has 1 aliphatic rings. The lowest BCUT2D eigenvalue weighted by Crippen LogP contribution is -2.42. The zero-order chi connectivity index (χ0) is 13.2. The first kappa shape index (κ1) is 13.3. The summed E-state index contributed by atoms with van der Waals surface area (Å²) in [6, 6.07) is 1.84. The molecule has 1 amide bonds. The van der Waals surface area contributed by atoms with Gasteiger partial charge in [-0.05, 0) is 44.5 Å². The van der Waals surface area contributed by atoms with E-state index in [1.54, 1.807) is 6.20 Å². The number of carbonyl (C=O) groups is 1. The highest BCUT2D eigenvalue weighted by atomic mass is 35.5. The van der Waals surface area contributed by atoms with Crippen LogP contribution in [0.25, 0.3) is 0 Å². The molecule has 0 atom stereocenters. The third-order valence-corrected chi connectivity index (χ3v) is 3.78. The molecule has 0 saturated carbocycles. The summed E-state index contributed by atoms with van der Waals surface area (Å²) < 4.78 is 0. The van der Waals surface area contributed by atoms with E-state index < -0.39 is 0 Å². The van der Waals surface area contributed by atoms with Gasteiger partial charge in [0.05, 0.1) is 5.69 Å². The second-order valence-corrected chi connectivity index (χ2v) is 5.47. The molecule has 0 radical (unpaired) electrons. The highest BCUT2D eigenvalue weighted by molar-refractivity contribution is 6.32. The van der Waals surface area contributed by atoms with Crippen molar-refractivity contribution in [3.8, 4) is 0 Å². The van der Waals surface area contributed by atoms with Crippen molar-refractivity contribution in [3.05, 3.63) is 23.0 Å². The van der Waals surface area contributed by atoms with Crippen LogP contribution < -0.4 is 10.6 Å². The quantitative estimate of drug-likeness (QED) is 0.809. The summed E-state index contributed by atoms with van der Waals surface area (Å²) in [6.07, 6.45) is 3.37. The van der Waals surface area contributed by atoms with Crippen molar-refractivity contribution < 1.29 is 4.79 Å². The van der Waals surface area contributed by atoms with E-state index in [-0.39, 0.29) is 11.3 Å². The van der Waals surface area contributed by atoms with Gasteiger partial charge in [-0.15, -0.1) is 0 Å². The number of anilines is 1. The second kappa shape index (κ2) is 5.24. The van der Waals surface area contributed by atoms with Gasteiger partial charge >= 0.3 is 0 Å². The van der Waals surface area contributed by atoms with E-state index in [4.69, 9.17) is 11.6 Å². The van der Waals surface area contributed by atoms with Gasteiger partial charge in [-0.2, -0.15) is 0 Å². The van der Waals surface area contributed by atoms with Crippen LogP contribution in [0.3, 0.4) is 0 Å². The largest absolute Gasteiger partial charge is 0.323 e. The summed E-state index contributed by atoms with van der Waals surface area (Å²) in [5, 5.41) is 6.50. The summed E-state index contributed by atoms with van der Waals surface area (Å²) in [6.45, 7) is 5.68. The molecule has 2 heterocycles. The van der Waals surface area contributed by atoms with Gasteiger partial charge in [-0.3, -0.25) is 4.79 Å². The first-order chi connectivity index (χ1) is 8.51. The lowest BCUT2D eigenvalue weighted by Gasteiger charge is -2.32. The zero-order valence-electron chi connectivity index (χ0n) is 10.7. The predicted molar refractivity (Wildman–Crippen MR) is 72.8 cm³/mol. The molecule has 2 rings (SSSR count). The van der Waals surface area contributed by atoms with Gasteiger partial charge < -0.3 is 10.6 Å². The van der Waals surface area contributed by atoms with Gasteiger partial charge in [0.15, 0.2) is 5.15 Å². The third-order valence-electron chi connectivity index (χ3n) is 3.48. The topological polar surface area (TPSA) is 54.0 Å². The molecule has 0 aromatic carbocycles. The van der Waals surface area contributed by atoms with Gasteiger partial charge in [0.25, 0.3) is 0 Å². The lowest BCUT2D eigenvalue weighted by molar-refractivity contribution is -0.126. The number of piperidine rings is 1. The number of aryl methyl sites for hydroxylation is 1. The standard InChI is InChI=1S/C13H18ClN3O/c1-9-7-10(11(14)16-8-9)17-12(18)13(2)3-5-15-6-4-13/h7-8,15H,3-6H2,1-2H3,(H,17,18). The minimum absolute atomic E-state index is 0.0262. The average molecular weight is 268 g/mol. The van der Waals surface area contributed by atoms with Crippen LogP contribution in [0, 0.1) is 12.3 Å². The molecule has 0 spiro atoms. The Bertz CT molecular complexity index is 456. The van der Waals surface area contributed by atoms with Gasteiger partial charge in [0, 0.05) is 11.6 Å². The fourth-order valence-electron chi connectivity index (χ4n) is 2.12. The van der Waals surface area contributed by atoms with Gasteiger partial charge in [-0.25, -0.2) is 4.98 Å². The maximum absolute atomic E-state index is 12.3. The van der Waals surface area contributed by atoms with Gasteiger partial charge in [-0.1, -0.05) is 18.5 Å². The van der Waals surface area contributed by atoms with E-state index >= 15 is 0 Å². The van der Waals surface area contributed by atoms with Crippen molar-refractivity contribution in [2.45, 2.75) is 26.7 Å². The van der Waals surface area contributed by atoms with Crippen LogP contribution in [-0.4, -0.2) is 24.0 Å². The number of aromatic nitrogens is 1. The summed E-state index contributed by atoms with van der Waals surface area (Å²) in [7, 11) is 0. The van der Waals surface area contributed by atoms with Crippen molar-refractivity contribution in [1.29, 1.82) is 0 Å². The molecule has 1 aromatic heterocycles. The number of halogens is 1. The van der Waals surface area contributed by atoms with Gasteiger partial charge in [0.2, 0.25) is 5.91 Å². The van der Waals surface area contributed by atoms with Crippen molar-refractivity contribution >= 4 is 23.2 Å². The summed E-state index contributed by atoms with van der Waals surface area (Å²) >= 11 is 5.99. The smallest absolute Gasteiger partial charge is 0.230 e. The Morgan fingerprint density at radius 3 is 2.83 bits per heavy atom. The molecule has 98 valence electrons. The molecular weight excluding hydrogens is 250 g/mol. The lowest BCUT2D eigenvalue weighted by atomic mass is 9.80. The van der Waals surface area contributed by atoms with Crippen LogP contribution in [0.1, 0.15) is 25.3 Å². The molecule has 1 aromatic rings. The Morgan fingerprint density at radius 2 is 2.17 bits per heavy atom. The molecule has 1 aliphatic heterocycles. The maximum atomic E-state index is 12.3. The molecule has 1 saturated heterocycles. The molecule has 4 nitrogen and oxygen atoms in total. The normalized spacial score (nSPS) is 18.4. The number of rotatable bonds is 2. The maximum Gasteiger partial charge on any atom is 0.230 e. The second-order valence-electron chi connectivity index (χ2n) is 5.12. The Morgan fingerprint density at radius 1 is 1.50 bits per heavy atom.